The van der Waals surface area contributed by atoms with Gasteiger partial charge in [0.1, 0.15) is 0 Å². The molecule has 2 amide bonds. The van der Waals surface area contributed by atoms with E-state index in [4.69, 9.17) is 5.73 Å². The smallest absolute Gasteiger partial charge is 0.248 e. The maximum Gasteiger partial charge on any atom is 0.248 e. The lowest BCUT2D eigenvalue weighted by molar-refractivity contribution is -0.116. The van der Waals surface area contributed by atoms with Gasteiger partial charge in [-0.3, -0.25) is 9.59 Å². The third kappa shape index (κ3) is 4.51. The Kier molecular flexibility index (Phi) is 4.94. The highest BCUT2D eigenvalue weighted by molar-refractivity contribution is 5.94. The SMILES string of the molecule is CCCNC(=O)C=Cc1ccc(C(N)=O)cc1. The molecular weight excluding hydrogens is 216 g/mol. The minimum atomic E-state index is -0.457. The average molecular weight is 232 g/mol. The number of primary amides is 1. The third-order valence-corrected chi connectivity index (χ3v) is 2.17. The number of carbonyl (C=O) groups excluding carboxylic acids is 2. The van der Waals surface area contributed by atoms with Crippen LogP contribution in [-0.2, 0) is 4.79 Å². The molecule has 0 radical (unpaired) electrons. The number of amides is 2. The fourth-order valence-corrected chi connectivity index (χ4v) is 1.24. The van der Waals surface area contributed by atoms with Gasteiger partial charge in [0, 0.05) is 18.2 Å². The number of benzene rings is 1. The quantitative estimate of drug-likeness (QED) is 0.751. The van der Waals surface area contributed by atoms with Gasteiger partial charge in [-0.15, -0.1) is 0 Å². The van der Waals surface area contributed by atoms with E-state index in [9.17, 15) is 9.59 Å². The molecule has 0 fully saturated rings. The van der Waals surface area contributed by atoms with Gasteiger partial charge in [-0.2, -0.15) is 0 Å². The van der Waals surface area contributed by atoms with Crippen LogP contribution < -0.4 is 11.1 Å². The second-order valence-electron chi connectivity index (χ2n) is 3.61. The maximum atomic E-state index is 11.3. The molecule has 0 aromatic heterocycles. The zero-order chi connectivity index (χ0) is 12.7. The lowest BCUT2D eigenvalue weighted by Gasteiger charge is -1.98. The zero-order valence-electron chi connectivity index (χ0n) is 9.77. The van der Waals surface area contributed by atoms with Crippen molar-refractivity contribution in [2.75, 3.05) is 6.54 Å². The van der Waals surface area contributed by atoms with E-state index in [1.165, 1.54) is 6.08 Å². The largest absolute Gasteiger partial charge is 0.366 e. The van der Waals surface area contributed by atoms with Crippen LogP contribution in [0.1, 0.15) is 29.3 Å². The zero-order valence-corrected chi connectivity index (χ0v) is 9.77. The van der Waals surface area contributed by atoms with Crippen molar-refractivity contribution in [2.24, 2.45) is 5.73 Å². The highest BCUT2D eigenvalue weighted by Crippen LogP contribution is 2.05. The third-order valence-electron chi connectivity index (χ3n) is 2.17. The highest BCUT2D eigenvalue weighted by atomic mass is 16.1. The molecule has 1 aromatic rings. The summed E-state index contributed by atoms with van der Waals surface area (Å²) in [7, 11) is 0. The first-order chi connectivity index (χ1) is 8.13. The minimum absolute atomic E-state index is 0.120. The molecule has 0 unspecified atom stereocenters. The second kappa shape index (κ2) is 6.48. The van der Waals surface area contributed by atoms with Crippen molar-refractivity contribution in [1.82, 2.24) is 5.32 Å². The topological polar surface area (TPSA) is 72.2 Å². The fraction of sp³-hybridized carbons (Fsp3) is 0.231. The summed E-state index contributed by atoms with van der Waals surface area (Å²) in [6.45, 7) is 2.66. The van der Waals surface area contributed by atoms with Crippen LogP contribution in [0.5, 0.6) is 0 Å². The number of rotatable bonds is 5. The van der Waals surface area contributed by atoms with Crippen LogP contribution in [0.15, 0.2) is 30.3 Å². The highest BCUT2D eigenvalue weighted by Gasteiger charge is 1.98. The van der Waals surface area contributed by atoms with Gasteiger partial charge in [0.25, 0.3) is 0 Å². The van der Waals surface area contributed by atoms with Crippen molar-refractivity contribution < 1.29 is 9.59 Å². The first-order valence-electron chi connectivity index (χ1n) is 5.49. The van der Waals surface area contributed by atoms with Crippen LogP contribution in [0.4, 0.5) is 0 Å². The summed E-state index contributed by atoms with van der Waals surface area (Å²) >= 11 is 0. The van der Waals surface area contributed by atoms with Crippen LogP contribution in [0.2, 0.25) is 0 Å². The normalized spacial score (nSPS) is 10.4. The molecule has 0 atom stereocenters. The van der Waals surface area contributed by atoms with E-state index in [-0.39, 0.29) is 5.91 Å². The first kappa shape index (κ1) is 13.0. The maximum absolute atomic E-state index is 11.3. The van der Waals surface area contributed by atoms with Crippen molar-refractivity contribution >= 4 is 17.9 Å². The standard InChI is InChI=1S/C13H16N2O2/c1-2-9-15-12(16)8-5-10-3-6-11(7-4-10)13(14)17/h3-8H,2,9H2,1H3,(H2,14,17)(H,15,16). The second-order valence-corrected chi connectivity index (χ2v) is 3.61. The molecule has 3 N–H and O–H groups in total. The molecule has 0 spiro atoms. The Morgan fingerprint density at radius 3 is 2.47 bits per heavy atom. The molecular formula is C13H16N2O2. The van der Waals surface area contributed by atoms with E-state index >= 15 is 0 Å². The molecule has 1 rings (SSSR count). The predicted molar refractivity (Wildman–Crippen MR) is 67.3 cm³/mol. The molecule has 0 aliphatic rings. The number of hydrogen-bond acceptors (Lipinski definition) is 2. The summed E-state index contributed by atoms with van der Waals surface area (Å²) in [4.78, 5) is 22.1. The van der Waals surface area contributed by atoms with Crippen LogP contribution in [0.3, 0.4) is 0 Å². The Morgan fingerprint density at radius 1 is 1.29 bits per heavy atom. The van der Waals surface area contributed by atoms with E-state index in [1.807, 2.05) is 6.92 Å². The number of nitrogens with one attached hydrogen (secondary N) is 1. The van der Waals surface area contributed by atoms with E-state index in [0.717, 1.165) is 12.0 Å². The molecule has 17 heavy (non-hydrogen) atoms. The van der Waals surface area contributed by atoms with Gasteiger partial charge in [0.05, 0.1) is 0 Å². The van der Waals surface area contributed by atoms with Gasteiger partial charge in [-0.25, -0.2) is 0 Å². The number of carbonyl (C=O) groups is 2. The molecule has 90 valence electrons. The van der Waals surface area contributed by atoms with Gasteiger partial charge in [0.15, 0.2) is 0 Å². The summed E-state index contributed by atoms with van der Waals surface area (Å²) in [6, 6.07) is 6.74. The Hall–Kier alpha value is -2.10. The van der Waals surface area contributed by atoms with Gasteiger partial charge in [0.2, 0.25) is 11.8 Å². The summed E-state index contributed by atoms with van der Waals surface area (Å²) in [5, 5.41) is 2.73. The van der Waals surface area contributed by atoms with Crippen molar-refractivity contribution in [3.8, 4) is 0 Å². The van der Waals surface area contributed by atoms with Crippen LogP contribution in [0, 0.1) is 0 Å². The molecule has 4 heteroatoms. The molecule has 0 saturated heterocycles. The first-order valence-corrected chi connectivity index (χ1v) is 5.49. The molecule has 0 heterocycles. The van der Waals surface area contributed by atoms with Crippen LogP contribution >= 0.6 is 0 Å². The monoisotopic (exact) mass is 232 g/mol. The van der Waals surface area contributed by atoms with E-state index in [1.54, 1.807) is 30.3 Å². The fourth-order valence-electron chi connectivity index (χ4n) is 1.24. The van der Waals surface area contributed by atoms with Gasteiger partial charge < -0.3 is 11.1 Å². The van der Waals surface area contributed by atoms with E-state index < -0.39 is 5.91 Å². The summed E-state index contributed by atoms with van der Waals surface area (Å²) in [5.74, 6) is -0.577. The Balaban J connectivity index is 2.59. The number of hydrogen-bond donors (Lipinski definition) is 2. The average Bonchev–Trinajstić information content (AvgIpc) is 2.34. The summed E-state index contributed by atoms with van der Waals surface area (Å²) < 4.78 is 0. The van der Waals surface area contributed by atoms with Crippen molar-refractivity contribution in [3.05, 3.63) is 41.5 Å². The summed E-state index contributed by atoms with van der Waals surface area (Å²) in [6.07, 6.45) is 4.07. The molecule has 0 saturated carbocycles. The lowest BCUT2D eigenvalue weighted by atomic mass is 10.1. The number of nitrogens with two attached hydrogens (primary N) is 1. The Labute approximate surface area is 101 Å². The molecule has 0 aliphatic carbocycles. The van der Waals surface area contributed by atoms with Gasteiger partial charge >= 0.3 is 0 Å². The van der Waals surface area contributed by atoms with E-state index in [2.05, 4.69) is 5.32 Å². The van der Waals surface area contributed by atoms with Crippen molar-refractivity contribution in [1.29, 1.82) is 0 Å². The summed E-state index contributed by atoms with van der Waals surface area (Å²) in [5.41, 5.74) is 6.42. The predicted octanol–water partition coefficient (Wildman–Crippen LogP) is 1.32. The van der Waals surface area contributed by atoms with Gasteiger partial charge in [-0.1, -0.05) is 19.1 Å². The minimum Gasteiger partial charge on any atom is -0.366 e. The molecule has 1 aromatic carbocycles. The Morgan fingerprint density at radius 2 is 1.94 bits per heavy atom. The van der Waals surface area contributed by atoms with E-state index in [0.29, 0.717) is 12.1 Å². The molecule has 0 aliphatic heterocycles. The van der Waals surface area contributed by atoms with Crippen LogP contribution in [0.25, 0.3) is 6.08 Å². The van der Waals surface area contributed by atoms with Crippen LogP contribution in [-0.4, -0.2) is 18.4 Å². The lowest BCUT2D eigenvalue weighted by Crippen LogP contribution is -2.21. The Bertz CT molecular complexity index is 422. The molecule has 0 bridgehead atoms. The van der Waals surface area contributed by atoms with Crippen molar-refractivity contribution in [3.63, 3.8) is 0 Å². The van der Waals surface area contributed by atoms with Gasteiger partial charge in [-0.05, 0) is 30.2 Å². The van der Waals surface area contributed by atoms with Crippen molar-refractivity contribution in [2.45, 2.75) is 13.3 Å². The molecule has 4 nitrogen and oxygen atoms in total.